The number of rotatable bonds is 6. The number of amides is 1. The predicted molar refractivity (Wildman–Crippen MR) is 122 cm³/mol. The van der Waals surface area contributed by atoms with Crippen LogP contribution in [0.3, 0.4) is 0 Å². The Morgan fingerprint density at radius 2 is 1.69 bits per heavy atom. The van der Waals surface area contributed by atoms with Crippen LogP contribution in [-0.2, 0) is 5.92 Å². The van der Waals surface area contributed by atoms with Gasteiger partial charge in [-0.3, -0.25) is 9.78 Å². The highest BCUT2D eigenvalue weighted by Crippen LogP contribution is 2.35. The second-order valence-electron chi connectivity index (χ2n) is 6.78. The summed E-state index contributed by atoms with van der Waals surface area (Å²) >= 11 is 5.23. The number of ether oxygens (including phenoxy) is 1. The van der Waals surface area contributed by atoms with Gasteiger partial charge in [0.2, 0.25) is 0 Å². The molecule has 0 aliphatic heterocycles. The molecule has 0 radical (unpaired) electrons. The van der Waals surface area contributed by atoms with E-state index in [2.05, 4.69) is 20.9 Å². The maximum atomic E-state index is 13.6. The van der Waals surface area contributed by atoms with E-state index in [1.165, 1.54) is 31.4 Å². The average Bonchev–Trinajstić information content (AvgIpc) is 2.75. The highest BCUT2D eigenvalue weighted by Gasteiger charge is 2.28. The normalized spacial score (nSPS) is 10.9. The lowest BCUT2D eigenvalue weighted by molar-refractivity contribution is 0.0152. The molecule has 0 atom stereocenters. The molecule has 0 unspecified atom stereocenters. The van der Waals surface area contributed by atoms with E-state index < -0.39 is 17.2 Å². The molecule has 3 rings (SSSR count). The molecule has 0 saturated heterocycles. The molecule has 0 aliphatic carbocycles. The number of aromatic nitrogens is 1. The molecule has 1 aromatic heterocycles. The molecule has 0 saturated carbocycles. The van der Waals surface area contributed by atoms with E-state index in [4.69, 9.17) is 17.0 Å². The first-order valence-corrected chi connectivity index (χ1v) is 9.82. The van der Waals surface area contributed by atoms with Gasteiger partial charge >= 0.3 is 0 Å². The minimum Gasteiger partial charge on any atom is -0.507 e. The lowest BCUT2D eigenvalue weighted by Gasteiger charge is -2.16. The molecule has 32 heavy (non-hydrogen) atoms. The number of carbonyl (C=O) groups is 1. The number of nitrogens with one attached hydrogen (secondary N) is 3. The highest BCUT2D eigenvalue weighted by molar-refractivity contribution is 7.80. The first-order valence-electron chi connectivity index (χ1n) is 9.41. The van der Waals surface area contributed by atoms with Gasteiger partial charge in [0.15, 0.2) is 5.11 Å². The highest BCUT2D eigenvalue weighted by atomic mass is 32.1. The van der Waals surface area contributed by atoms with Crippen molar-refractivity contribution in [3.05, 3.63) is 72.1 Å². The quantitative estimate of drug-likeness (QED) is 0.310. The average molecular weight is 458 g/mol. The van der Waals surface area contributed by atoms with Gasteiger partial charge in [0.1, 0.15) is 22.9 Å². The molecule has 166 valence electrons. The molecule has 0 aliphatic rings. The van der Waals surface area contributed by atoms with Crippen molar-refractivity contribution in [3.63, 3.8) is 0 Å². The van der Waals surface area contributed by atoms with E-state index in [1.54, 1.807) is 30.3 Å². The molecular weight excluding hydrogens is 438 g/mol. The van der Waals surface area contributed by atoms with Gasteiger partial charge in [0, 0.05) is 37.6 Å². The third-order valence-electron chi connectivity index (χ3n) is 4.27. The third kappa shape index (κ3) is 5.88. The van der Waals surface area contributed by atoms with Crippen LogP contribution < -0.4 is 20.7 Å². The van der Waals surface area contributed by atoms with Crippen LogP contribution in [0.1, 0.15) is 23.0 Å². The predicted octanol–water partition coefficient (Wildman–Crippen LogP) is 4.86. The fourth-order valence-corrected chi connectivity index (χ4v) is 2.96. The molecule has 0 bridgehead atoms. The largest absolute Gasteiger partial charge is 0.507 e. The number of anilines is 2. The van der Waals surface area contributed by atoms with Crippen LogP contribution >= 0.6 is 12.2 Å². The van der Waals surface area contributed by atoms with Gasteiger partial charge in [-0.2, -0.15) is 0 Å². The lowest BCUT2D eigenvalue weighted by Crippen LogP contribution is -2.19. The fraction of sp³-hybridized carbons (Fsp3) is 0.136. The minimum absolute atomic E-state index is 0.180. The molecule has 0 fully saturated rings. The van der Waals surface area contributed by atoms with Gasteiger partial charge in [-0.15, -0.1) is 0 Å². The Morgan fingerprint density at radius 1 is 1.03 bits per heavy atom. The van der Waals surface area contributed by atoms with Gasteiger partial charge in [-0.05, 0) is 60.7 Å². The summed E-state index contributed by atoms with van der Waals surface area (Å²) in [5.41, 5.74) is 0.678. The topological polar surface area (TPSA) is 95.5 Å². The van der Waals surface area contributed by atoms with E-state index >= 15 is 0 Å². The number of carbonyl (C=O) groups excluding carboxylic acids is 1. The van der Waals surface area contributed by atoms with Gasteiger partial charge in [-0.25, -0.2) is 8.78 Å². The van der Waals surface area contributed by atoms with Crippen molar-refractivity contribution < 1.29 is 23.4 Å². The number of nitrogens with zero attached hydrogens (tertiary/aromatic N) is 1. The molecular formula is C22H20F2N4O3S. The monoisotopic (exact) mass is 458 g/mol. The van der Waals surface area contributed by atoms with Crippen LogP contribution in [0.2, 0.25) is 0 Å². The summed E-state index contributed by atoms with van der Waals surface area (Å²) in [5.74, 6) is -3.03. The van der Waals surface area contributed by atoms with Crippen molar-refractivity contribution in [1.29, 1.82) is 0 Å². The number of phenolic OH excluding ortho intramolecular Hbond substituents is 1. The molecule has 4 N–H and O–H groups in total. The minimum atomic E-state index is -3.19. The van der Waals surface area contributed by atoms with Crippen molar-refractivity contribution in [3.8, 4) is 17.2 Å². The Balaban J connectivity index is 1.62. The van der Waals surface area contributed by atoms with Gasteiger partial charge in [0.05, 0.1) is 5.56 Å². The Morgan fingerprint density at radius 3 is 2.34 bits per heavy atom. The summed E-state index contributed by atoms with van der Waals surface area (Å²) in [6.45, 7) is 0.706. The first-order chi connectivity index (χ1) is 15.2. The lowest BCUT2D eigenvalue weighted by atomic mass is 10.1. The Hall–Kier alpha value is -3.79. The van der Waals surface area contributed by atoms with Crippen LogP contribution in [0, 0.1) is 0 Å². The van der Waals surface area contributed by atoms with E-state index in [1.807, 2.05) is 0 Å². The second kappa shape index (κ2) is 9.56. The zero-order chi connectivity index (χ0) is 23.3. The third-order valence-corrected chi connectivity index (χ3v) is 4.47. The van der Waals surface area contributed by atoms with Gasteiger partial charge in [0.25, 0.3) is 11.8 Å². The SMILES string of the molecule is CNC(=O)c1cc(Oc2ccc(NC(=S)Nc3ccc(O)c(C(C)(F)F)c3)cc2)ccn1. The van der Waals surface area contributed by atoms with Crippen LogP contribution in [0.5, 0.6) is 17.2 Å². The summed E-state index contributed by atoms with van der Waals surface area (Å²) in [4.78, 5) is 15.7. The van der Waals surface area contributed by atoms with Crippen LogP contribution in [0.15, 0.2) is 60.8 Å². The molecule has 3 aromatic rings. The zero-order valence-electron chi connectivity index (χ0n) is 17.1. The summed E-state index contributed by atoms with van der Waals surface area (Å²) in [7, 11) is 1.52. The summed E-state index contributed by atoms with van der Waals surface area (Å²) in [6.07, 6.45) is 1.48. The number of hydrogen-bond donors (Lipinski definition) is 4. The van der Waals surface area contributed by atoms with Crippen LogP contribution in [-0.4, -0.2) is 28.2 Å². The summed E-state index contributed by atoms with van der Waals surface area (Å²) in [6, 6.07) is 13.7. The number of aromatic hydroxyl groups is 1. The summed E-state index contributed by atoms with van der Waals surface area (Å²) in [5, 5.41) is 18.1. The molecule has 7 nitrogen and oxygen atoms in total. The van der Waals surface area contributed by atoms with Crippen molar-refractivity contribution in [2.24, 2.45) is 0 Å². The Labute approximate surface area is 188 Å². The molecule has 1 heterocycles. The molecule has 1 amide bonds. The number of alkyl halides is 2. The maximum Gasteiger partial charge on any atom is 0.274 e. The Bertz CT molecular complexity index is 1130. The number of hydrogen-bond acceptors (Lipinski definition) is 5. The Kier molecular flexibility index (Phi) is 6.84. The van der Waals surface area contributed by atoms with Crippen molar-refractivity contribution in [2.45, 2.75) is 12.8 Å². The molecule has 10 heteroatoms. The van der Waals surface area contributed by atoms with E-state index in [-0.39, 0.29) is 16.7 Å². The maximum absolute atomic E-state index is 13.6. The first kappa shape index (κ1) is 22.9. The number of thiocarbonyl (C=S) groups is 1. The summed E-state index contributed by atoms with van der Waals surface area (Å²) < 4.78 is 32.9. The fourth-order valence-electron chi connectivity index (χ4n) is 2.73. The number of phenols is 1. The molecule has 2 aromatic carbocycles. The smallest absolute Gasteiger partial charge is 0.274 e. The zero-order valence-corrected chi connectivity index (χ0v) is 18.0. The van der Waals surface area contributed by atoms with Crippen molar-refractivity contribution >= 4 is 34.6 Å². The van der Waals surface area contributed by atoms with E-state index in [9.17, 15) is 18.7 Å². The van der Waals surface area contributed by atoms with Crippen LogP contribution in [0.4, 0.5) is 20.2 Å². The van der Waals surface area contributed by atoms with Crippen LogP contribution in [0.25, 0.3) is 0 Å². The number of halogens is 2. The number of benzene rings is 2. The second-order valence-corrected chi connectivity index (χ2v) is 7.19. The van der Waals surface area contributed by atoms with Gasteiger partial charge < -0.3 is 25.8 Å². The van der Waals surface area contributed by atoms with Crippen molar-refractivity contribution in [1.82, 2.24) is 10.3 Å². The molecule has 0 spiro atoms. The van der Waals surface area contributed by atoms with E-state index in [0.29, 0.717) is 29.8 Å². The number of pyridine rings is 1. The van der Waals surface area contributed by atoms with Gasteiger partial charge in [-0.1, -0.05) is 0 Å². The van der Waals surface area contributed by atoms with E-state index in [0.717, 1.165) is 6.07 Å². The standard InChI is InChI=1S/C22H20F2N4O3S/c1-22(23,24)17-11-14(5-8-19(17)29)28-21(32)27-13-3-6-15(7-4-13)31-16-9-10-26-18(12-16)20(30)25-2/h3-12,29H,1-2H3,(H,25,30)(H2,27,28,32). The van der Waals surface area contributed by atoms with Crippen molar-refractivity contribution in [2.75, 3.05) is 17.7 Å².